The van der Waals surface area contributed by atoms with Crippen LogP contribution in [0.4, 0.5) is 0 Å². The maximum Gasteiger partial charge on any atom is 0.102 e. The predicted octanol–water partition coefficient (Wildman–Crippen LogP) is 1.21. The molecule has 0 aromatic rings. The Morgan fingerprint density at radius 2 is 1.89 bits per heavy atom. The molecule has 0 saturated carbocycles. The van der Waals surface area contributed by atoms with Gasteiger partial charge in [-0.2, -0.15) is 7.05 Å². The summed E-state index contributed by atoms with van der Waals surface area (Å²) in [6.45, 7) is 3.96. The van der Waals surface area contributed by atoms with E-state index < -0.39 is 0 Å². The van der Waals surface area contributed by atoms with Gasteiger partial charge in [0.2, 0.25) is 0 Å². The molecule has 0 aliphatic heterocycles. The van der Waals surface area contributed by atoms with Gasteiger partial charge in [-0.3, -0.25) is 0 Å². The van der Waals surface area contributed by atoms with Crippen LogP contribution in [0, 0.1) is 47.2 Å². The first-order valence-corrected chi connectivity index (χ1v) is 2.76. The molecule has 0 amide bonds. The van der Waals surface area contributed by atoms with Crippen molar-refractivity contribution in [1.82, 2.24) is 0 Å². The second-order valence-electron chi connectivity index (χ2n) is 2.13. The van der Waals surface area contributed by atoms with E-state index in [9.17, 15) is 4.79 Å². The molecule has 3 heteroatoms. The van der Waals surface area contributed by atoms with Crippen LogP contribution in [-0.4, -0.2) is 19.4 Å². The number of carbonyl (C=O) groups is 1. The Hall–Kier alpha value is 0.994. The van der Waals surface area contributed by atoms with E-state index in [-0.39, 0.29) is 47.3 Å². The van der Waals surface area contributed by atoms with Crippen molar-refractivity contribution in [1.29, 1.82) is 0 Å². The van der Waals surface area contributed by atoms with Crippen molar-refractivity contribution in [2.45, 2.75) is 19.9 Å². The van der Waals surface area contributed by atoms with Gasteiger partial charge in [-0.1, -0.05) is 25.8 Å². The first kappa shape index (κ1) is 12.7. The average molecular weight is 255 g/mol. The van der Waals surface area contributed by atoms with E-state index in [0.29, 0.717) is 5.92 Å². The third kappa shape index (κ3) is 5.44. The number of hydrogen-bond acceptors (Lipinski definition) is 1. The van der Waals surface area contributed by atoms with E-state index in [1.165, 1.54) is 0 Å². The molecule has 1 atom stereocenters. The zero-order valence-corrected chi connectivity index (χ0v) is 9.87. The third-order valence-corrected chi connectivity index (χ3v) is 1.12. The maximum atomic E-state index is 10.1. The van der Waals surface area contributed by atoms with Gasteiger partial charge in [0, 0.05) is 41.3 Å². The van der Waals surface area contributed by atoms with Crippen molar-refractivity contribution in [3.05, 3.63) is 5.32 Å². The molecule has 0 heterocycles. The Kier molecular flexibility index (Phi) is 9.99. The molecule has 0 N–H and O–H groups in total. The number of carbonyl (C=O) groups excluding carboxylic acids is 1. The van der Waals surface area contributed by atoms with Gasteiger partial charge in [0.25, 0.3) is 0 Å². The van der Waals surface area contributed by atoms with Crippen LogP contribution in [-0.2, 0) is 4.79 Å². The van der Waals surface area contributed by atoms with Crippen LogP contribution < -0.4 is 0 Å². The molecule has 9 heavy (non-hydrogen) atoms. The third-order valence-electron chi connectivity index (χ3n) is 1.12. The minimum absolute atomic E-state index is 0. The van der Waals surface area contributed by atoms with E-state index in [1.807, 2.05) is 13.8 Å². The van der Waals surface area contributed by atoms with Gasteiger partial charge in [0.1, 0.15) is 6.29 Å². The molecule has 0 bridgehead atoms. The maximum absolute atomic E-state index is 10.1. The number of nitrogens with zero attached hydrogens (tertiary/aromatic N) is 1. The van der Waals surface area contributed by atoms with E-state index in [4.69, 9.17) is 0 Å². The van der Waals surface area contributed by atoms with Crippen LogP contribution >= 0.6 is 0 Å². The van der Waals surface area contributed by atoms with Gasteiger partial charge in [-0.25, -0.2) is 0 Å². The summed E-state index contributed by atoms with van der Waals surface area (Å²) in [5.41, 5.74) is 0. The predicted molar refractivity (Wildman–Crippen MR) is 34.0 cm³/mol. The number of aldehydes is 1. The molecule has 0 spiro atoms. The van der Waals surface area contributed by atoms with E-state index in [0.717, 1.165) is 6.29 Å². The summed E-state index contributed by atoms with van der Waals surface area (Å²) >= 11 is 0. The van der Waals surface area contributed by atoms with Crippen LogP contribution in [0.15, 0.2) is 0 Å². The summed E-state index contributed by atoms with van der Waals surface area (Å²) in [5, 5.41) is 3.84. The quantitative estimate of drug-likeness (QED) is 0.697. The average Bonchev–Trinajstić information content (AvgIpc) is 1.69. The molecule has 0 aromatic heterocycles. The molecular formula is C6H12NOPr-. The molecule has 51 valence electrons. The van der Waals surface area contributed by atoms with E-state index in [1.54, 1.807) is 7.05 Å². The number of likely N-dealkylation sites (N-methyl/N-ethyl adjacent to an activating group) is 1. The van der Waals surface area contributed by atoms with Crippen LogP contribution in [0.3, 0.4) is 0 Å². The molecule has 0 fully saturated rings. The van der Waals surface area contributed by atoms with Crippen LogP contribution in [0.2, 0.25) is 0 Å². The van der Waals surface area contributed by atoms with Crippen LogP contribution in [0.25, 0.3) is 5.32 Å². The topological polar surface area (TPSA) is 31.2 Å². The van der Waals surface area contributed by atoms with Crippen molar-refractivity contribution in [2.75, 3.05) is 7.05 Å². The Balaban J connectivity index is 0. The van der Waals surface area contributed by atoms with Gasteiger partial charge < -0.3 is 10.1 Å². The number of hydrogen-bond donors (Lipinski definition) is 0. The monoisotopic (exact) mass is 255 g/mol. The number of rotatable bonds is 3. The van der Waals surface area contributed by atoms with Crippen molar-refractivity contribution in [3.8, 4) is 0 Å². The fourth-order valence-electron chi connectivity index (χ4n) is 0.516. The normalized spacial score (nSPS) is 12.4. The Morgan fingerprint density at radius 1 is 1.44 bits per heavy atom. The van der Waals surface area contributed by atoms with Gasteiger partial charge in [0.05, 0.1) is 0 Å². The molecule has 0 rings (SSSR count). The Morgan fingerprint density at radius 3 is 1.89 bits per heavy atom. The molecule has 1 radical (unpaired) electrons. The summed E-state index contributed by atoms with van der Waals surface area (Å²) in [7, 11) is 1.67. The minimum atomic E-state index is -0.102. The van der Waals surface area contributed by atoms with Crippen molar-refractivity contribution in [3.63, 3.8) is 0 Å². The van der Waals surface area contributed by atoms with Gasteiger partial charge in [-0.15, -0.1) is 0 Å². The van der Waals surface area contributed by atoms with Crippen molar-refractivity contribution >= 4 is 6.29 Å². The van der Waals surface area contributed by atoms with Gasteiger partial charge in [0.15, 0.2) is 0 Å². The summed E-state index contributed by atoms with van der Waals surface area (Å²) in [6, 6.07) is -0.102. The molecule has 2 nitrogen and oxygen atoms in total. The van der Waals surface area contributed by atoms with Crippen molar-refractivity contribution in [2.24, 2.45) is 5.92 Å². The largest absolute Gasteiger partial charge is 0.656 e. The second kappa shape index (κ2) is 7.10. The van der Waals surface area contributed by atoms with E-state index in [2.05, 4.69) is 5.32 Å². The fourth-order valence-corrected chi connectivity index (χ4v) is 0.516. The summed E-state index contributed by atoms with van der Waals surface area (Å²) in [4.78, 5) is 10.1. The summed E-state index contributed by atoms with van der Waals surface area (Å²) in [6.07, 6.45) is 0.880. The first-order chi connectivity index (χ1) is 3.72. The molecule has 0 aromatic carbocycles. The van der Waals surface area contributed by atoms with Crippen LogP contribution in [0.5, 0.6) is 0 Å². The summed E-state index contributed by atoms with van der Waals surface area (Å²) < 4.78 is 0. The van der Waals surface area contributed by atoms with Crippen LogP contribution in [0.1, 0.15) is 13.8 Å². The van der Waals surface area contributed by atoms with Gasteiger partial charge >= 0.3 is 0 Å². The fraction of sp³-hybridized carbons (Fsp3) is 0.833. The minimum Gasteiger partial charge on any atom is -0.656 e. The van der Waals surface area contributed by atoms with E-state index >= 15 is 0 Å². The first-order valence-electron chi connectivity index (χ1n) is 2.76. The molecule has 0 saturated heterocycles. The molecule has 0 unspecified atom stereocenters. The molecule has 0 aliphatic carbocycles. The smallest absolute Gasteiger partial charge is 0.102 e. The standard InChI is InChI=1S/C6H12NO.Pr/c1-5(2)6(4-8)7-3;/h4-6H,1-3H3;/q-1;/t6-;/m0./s1. The zero-order chi connectivity index (χ0) is 6.57. The Labute approximate surface area is 89.7 Å². The second-order valence-corrected chi connectivity index (χ2v) is 2.13. The molecular weight excluding hydrogens is 243 g/mol. The van der Waals surface area contributed by atoms with Crippen molar-refractivity contribution < 1.29 is 46.1 Å². The SMILES string of the molecule is C[N-][C@@H](C=O)C(C)C.[Pr]. The zero-order valence-electron chi connectivity index (χ0n) is 6.16. The van der Waals surface area contributed by atoms with Gasteiger partial charge in [-0.05, 0) is 0 Å². The Bertz CT molecular complexity index is 75.5. The molecule has 0 aliphatic rings. The summed E-state index contributed by atoms with van der Waals surface area (Å²) in [5.74, 6) is 0.345.